The summed E-state index contributed by atoms with van der Waals surface area (Å²) in [6.07, 6.45) is 1.11. The maximum atomic E-state index is 11.9. The second kappa shape index (κ2) is 7.99. The molecule has 2 aromatic carbocycles. The molecular formula is C18H20BrNO2. The summed E-state index contributed by atoms with van der Waals surface area (Å²) >= 11 is 3.37. The average Bonchev–Trinajstić information content (AvgIpc) is 2.52. The summed E-state index contributed by atoms with van der Waals surface area (Å²) in [6.45, 7) is 4.36. The zero-order valence-electron chi connectivity index (χ0n) is 12.8. The summed E-state index contributed by atoms with van der Waals surface area (Å²) < 4.78 is 6.44. The lowest BCUT2D eigenvalue weighted by Crippen LogP contribution is -2.20. The van der Waals surface area contributed by atoms with Crippen LogP contribution in [0.4, 0.5) is 5.69 Å². The monoisotopic (exact) mass is 361 g/mol. The van der Waals surface area contributed by atoms with Crippen molar-refractivity contribution in [3.63, 3.8) is 0 Å². The molecule has 0 radical (unpaired) electrons. The van der Waals surface area contributed by atoms with Gasteiger partial charge >= 0.3 is 0 Å². The maximum absolute atomic E-state index is 11.9. The molecule has 0 unspecified atom stereocenters. The normalized spacial score (nSPS) is 11.8. The smallest absolute Gasteiger partial charge is 0.262 e. The Morgan fingerprint density at radius 3 is 2.59 bits per heavy atom. The lowest BCUT2D eigenvalue weighted by Gasteiger charge is -2.11. The Kier molecular flexibility index (Phi) is 6.01. The zero-order chi connectivity index (χ0) is 15.9. The lowest BCUT2D eigenvalue weighted by molar-refractivity contribution is -0.118. The van der Waals surface area contributed by atoms with Crippen molar-refractivity contribution in [3.05, 3.63) is 58.6 Å². The van der Waals surface area contributed by atoms with E-state index in [1.54, 1.807) is 0 Å². The van der Waals surface area contributed by atoms with Crippen LogP contribution >= 0.6 is 15.9 Å². The first-order valence-electron chi connectivity index (χ1n) is 7.36. The predicted molar refractivity (Wildman–Crippen MR) is 93.4 cm³/mol. The van der Waals surface area contributed by atoms with Gasteiger partial charge in [-0.05, 0) is 48.2 Å². The number of carbonyl (C=O) groups excluding carboxylic acids is 1. The minimum Gasteiger partial charge on any atom is -0.484 e. The van der Waals surface area contributed by atoms with Gasteiger partial charge in [0.1, 0.15) is 5.75 Å². The van der Waals surface area contributed by atoms with Crippen LogP contribution in [0.2, 0.25) is 0 Å². The van der Waals surface area contributed by atoms with Gasteiger partial charge < -0.3 is 10.1 Å². The third-order valence-corrected chi connectivity index (χ3v) is 4.03. The van der Waals surface area contributed by atoms with Gasteiger partial charge in [-0.2, -0.15) is 0 Å². The molecule has 0 aromatic heterocycles. The van der Waals surface area contributed by atoms with E-state index in [9.17, 15) is 4.79 Å². The van der Waals surface area contributed by atoms with E-state index in [4.69, 9.17) is 4.74 Å². The molecular weight excluding hydrogens is 342 g/mol. The quantitative estimate of drug-likeness (QED) is 0.787. The van der Waals surface area contributed by atoms with Gasteiger partial charge in [0.2, 0.25) is 0 Å². The fraction of sp³-hybridized carbons (Fsp3) is 0.278. The van der Waals surface area contributed by atoms with Crippen molar-refractivity contribution >= 4 is 27.5 Å². The summed E-state index contributed by atoms with van der Waals surface area (Å²) in [5, 5.41) is 2.80. The summed E-state index contributed by atoms with van der Waals surface area (Å²) in [5.74, 6) is 1.06. The molecule has 0 fully saturated rings. The molecule has 1 atom stereocenters. The Labute approximate surface area is 139 Å². The van der Waals surface area contributed by atoms with Crippen molar-refractivity contribution in [1.82, 2.24) is 0 Å². The van der Waals surface area contributed by atoms with Crippen LogP contribution in [0.3, 0.4) is 0 Å². The predicted octanol–water partition coefficient (Wildman–Crippen LogP) is 4.98. The molecule has 0 aliphatic carbocycles. The van der Waals surface area contributed by atoms with Gasteiger partial charge in [0.15, 0.2) is 6.61 Å². The fourth-order valence-corrected chi connectivity index (χ4v) is 2.44. The van der Waals surface area contributed by atoms with Crippen molar-refractivity contribution < 1.29 is 9.53 Å². The number of halogens is 1. The van der Waals surface area contributed by atoms with E-state index in [1.807, 2.05) is 36.4 Å². The molecule has 0 saturated carbocycles. The summed E-state index contributed by atoms with van der Waals surface area (Å²) in [5.41, 5.74) is 2.03. The minimum atomic E-state index is -0.177. The number of ether oxygens (including phenoxy) is 1. The number of hydrogen-bond donors (Lipinski definition) is 1. The topological polar surface area (TPSA) is 38.3 Å². The van der Waals surface area contributed by atoms with Gasteiger partial charge in [-0.15, -0.1) is 0 Å². The summed E-state index contributed by atoms with van der Waals surface area (Å²) in [6, 6.07) is 15.4. The molecule has 1 N–H and O–H groups in total. The van der Waals surface area contributed by atoms with Crippen LogP contribution in [-0.4, -0.2) is 12.5 Å². The molecule has 4 heteroatoms. The number of anilines is 1. The van der Waals surface area contributed by atoms with Gasteiger partial charge in [-0.25, -0.2) is 0 Å². The van der Waals surface area contributed by atoms with E-state index in [-0.39, 0.29) is 12.5 Å². The van der Waals surface area contributed by atoms with Crippen molar-refractivity contribution in [2.75, 3.05) is 11.9 Å². The molecule has 3 nitrogen and oxygen atoms in total. The second-order valence-corrected chi connectivity index (χ2v) is 6.14. The Hall–Kier alpha value is -1.81. The molecule has 2 rings (SSSR count). The third kappa shape index (κ3) is 4.88. The highest BCUT2D eigenvalue weighted by Gasteiger charge is 2.06. The van der Waals surface area contributed by atoms with E-state index in [0.717, 1.165) is 16.6 Å². The van der Waals surface area contributed by atoms with Crippen LogP contribution in [0, 0.1) is 0 Å². The SMILES string of the molecule is CC[C@H](C)c1ccc(OCC(=O)Nc2cccc(Br)c2)cc1. The Bertz CT molecular complexity index is 625. The minimum absolute atomic E-state index is 0.00477. The van der Waals surface area contributed by atoms with Crippen LogP contribution in [0.15, 0.2) is 53.0 Å². The summed E-state index contributed by atoms with van der Waals surface area (Å²) in [7, 11) is 0. The highest BCUT2D eigenvalue weighted by Crippen LogP contribution is 2.21. The Morgan fingerprint density at radius 2 is 1.95 bits per heavy atom. The van der Waals surface area contributed by atoms with Gasteiger partial charge in [0, 0.05) is 10.2 Å². The molecule has 2 aromatic rings. The Morgan fingerprint density at radius 1 is 1.23 bits per heavy atom. The van der Waals surface area contributed by atoms with Crippen LogP contribution in [0.5, 0.6) is 5.75 Å². The molecule has 0 saturated heterocycles. The van der Waals surface area contributed by atoms with E-state index in [2.05, 4.69) is 47.2 Å². The molecule has 0 aliphatic heterocycles. The second-order valence-electron chi connectivity index (χ2n) is 5.23. The van der Waals surface area contributed by atoms with Crippen molar-refractivity contribution in [3.8, 4) is 5.75 Å². The molecule has 0 aliphatic rings. The van der Waals surface area contributed by atoms with Crippen LogP contribution in [0.25, 0.3) is 0 Å². The van der Waals surface area contributed by atoms with E-state index >= 15 is 0 Å². The fourth-order valence-electron chi connectivity index (χ4n) is 2.04. The average molecular weight is 362 g/mol. The molecule has 0 heterocycles. The first kappa shape index (κ1) is 16.6. The molecule has 22 heavy (non-hydrogen) atoms. The van der Waals surface area contributed by atoms with Crippen LogP contribution in [0.1, 0.15) is 31.7 Å². The van der Waals surface area contributed by atoms with Crippen molar-refractivity contribution in [1.29, 1.82) is 0 Å². The molecule has 116 valence electrons. The molecule has 0 spiro atoms. The largest absolute Gasteiger partial charge is 0.484 e. The standard InChI is InChI=1S/C18H20BrNO2/c1-3-13(2)14-7-9-17(10-8-14)22-12-18(21)20-16-6-4-5-15(19)11-16/h4-11,13H,3,12H2,1-2H3,(H,20,21)/t13-/m0/s1. The maximum Gasteiger partial charge on any atom is 0.262 e. The number of carbonyl (C=O) groups is 1. The van der Waals surface area contributed by atoms with E-state index < -0.39 is 0 Å². The lowest BCUT2D eigenvalue weighted by atomic mass is 9.99. The number of benzene rings is 2. The highest BCUT2D eigenvalue weighted by atomic mass is 79.9. The highest BCUT2D eigenvalue weighted by molar-refractivity contribution is 9.10. The van der Waals surface area contributed by atoms with Crippen LogP contribution in [-0.2, 0) is 4.79 Å². The number of nitrogens with one attached hydrogen (secondary N) is 1. The third-order valence-electron chi connectivity index (χ3n) is 3.54. The van der Waals surface area contributed by atoms with E-state index in [1.165, 1.54) is 5.56 Å². The number of amides is 1. The van der Waals surface area contributed by atoms with Crippen LogP contribution < -0.4 is 10.1 Å². The van der Waals surface area contributed by atoms with Gasteiger partial charge in [0.25, 0.3) is 5.91 Å². The first-order chi connectivity index (χ1) is 10.6. The van der Waals surface area contributed by atoms with Crippen molar-refractivity contribution in [2.45, 2.75) is 26.2 Å². The first-order valence-corrected chi connectivity index (χ1v) is 8.16. The van der Waals surface area contributed by atoms with Gasteiger partial charge in [0.05, 0.1) is 0 Å². The number of hydrogen-bond acceptors (Lipinski definition) is 2. The van der Waals surface area contributed by atoms with Gasteiger partial charge in [-0.3, -0.25) is 4.79 Å². The van der Waals surface area contributed by atoms with Crippen molar-refractivity contribution in [2.24, 2.45) is 0 Å². The Balaban J connectivity index is 1.86. The molecule has 0 bridgehead atoms. The number of rotatable bonds is 6. The van der Waals surface area contributed by atoms with E-state index in [0.29, 0.717) is 11.7 Å². The zero-order valence-corrected chi connectivity index (χ0v) is 14.4. The summed E-state index contributed by atoms with van der Waals surface area (Å²) in [4.78, 5) is 11.9. The molecule has 1 amide bonds. The van der Waals surface area contributed by atoms with Gasteiger partial charge in [-0.1, -0.05) is 48.0 Å².